The van der Waals surface area contributed by atoms with Crippen LogP contribution in [0.5, 0.6) is 0 Å². The summed E-state index contributed by atoms with van der Waals surface area (Å²) < 4.78 is 0. The van der Waals surface area contributed by atoms with Crippen LogP contribution in [-0.2, 0) is 6.54 Å². The van der Waals surface area contributed by atoms with Crippen molar-refractivity contribution in [1.82, 2.24) is 15.3 Å². The number of nitrogens with one attached hydrogen (secondary N) is 2. The molecule has 26 heavy (non-hydrogen) atoms. The van der Waals surface area contributed by atoms with Crippen LogP contribution in [0.1, 0.15) is 15.9 Å². The molecule has 1 aromatic carbocycles. The van der Waals surface area contributed by atoms with Crippen LogP contribution in [0.15, 0.2) is 67.3 Å². The van der Waals surface area contributed by atoms with Crippen molar-refractivity contribution >= 4 is 11.6 Å². The second kappa shape index (κ2) is 8.73. The van der Waals surface area contributed by atoms with Crippen LogP contribution < -0.4 is 10.6 Å². The maximum absolute atomic E-state index is 12.1. The van der Waals surface area contributed by atoms with Crippen molar-refractivity contribution in [1.29, 1.82) is 0 Å². The van der Waals surface area contributed by atoms with E-state index in [0.29, 0.717) is 12.1 Å². The topological polar surface area (TPSA) is 87.1 Å². The van der Waals surface area contributed by atoms with Crippen LogP contribution in [0.25, 0.3) is 11.1 Å². The molecule has 0 fully saturated rings. The molecule has 1 amide bonds. The number of carbonyl (C=O) groups is 1. The Balaban J connectivity index is 1.74. The first-order valence-electron chi connectivity index (χ1n) is 8.33. The summed E-state index contributed by atoms with van der Waals surface area (Å²) in [5.41, 5.74) is 4.34. The third-order valence-corrected chi connectivity index (χ3v) is 3.81. The molecule has 0 spiro atoms. The van der Waals surface area contributed by atoms with E-state index < -0.39 is 0 Å². The van der Waals surface area contributed by atoms with Gasteiger partial charge in [-0.05, 0) is 35.4 Å². The summed E-state index contributed by atoms with van der Waals surface area (Å²) in [4.78, 5) is 20.4. The van der Waals surface area contributed by atoms with Crippen molar-refractivity contribution in [3.05, 3.63) is 78.4 Å². The molecular formula is C20H20N4O2. The maximum atomic E-state index is 12.1. The first-order valence-corrected chi connectivity index (χ1v) is 8.33. The number of hydrogen-bond donors (Lipinski definition) is 3. The molecule has 0 bridgehead atoms. The Labute approximate surface area is 152 Å². The highest BCUT2D eigenvalue weighted by molar-refractivity contribution is 5.95. The van der Waals surface area contributed by atoms with Gasteiger partial charge in [0.05, 0.1) is 12.3 Å². The smallest absolute Gasteiger partial charge is 0.251 e. The van der Waals surface area contributed by atoms with Gasteiger partial charge in [-0.3, -0.25) is 14.8 Å². The Morgan fingerprint density at radius 3 is 2.73 bits per heavy atom. The molecule has 0 aliphatic rings. The van der Waals surface area contributed by atoms with E-state index in [1.807, 2.05) is 42.6 Å². The van der Waals surface area contributed by atoms with Crippen molar-refractivity contribution in [3.63, 3.8) is 0 Å². The van der Waals surface area contributed by atoms with Crippen LogP contribution in [-0.4, -0.2) is 34.1 Å². The first kappa shape index (κ1) is 17.6. The number of anilines is 1. The second-order valence-electron chi connectivity index (χ2n) is 5.74. The molecule has 0 aliphatic heterocycles. The van der Waals surface area contributed by atoms with Crippen molar-refractivity contribution in [2.24, 2.45) is 0 Å². The quantitative estimate of drug-likeness (QED) is 0.611. The van der Waals surface area contributed by atoms with Gasteiger partial charge in [-0.2, -0.15) is 0 Å². The fourth-order valence-electron chi connectivity index (χ4n) is 2.51. The summed E-state index contributed by atoms with van der Waals surface area (Å²) in [5.74, 6) is -0.209. The fraction of sp³-hybridized carbons (Fsp3) is 0.150. The van der Waals surface area contributed by atoms with E-state index in [0.717, 1.165) is 22.4 Å². The first-order chi connectivity index (χ1) is 12.8. The molecule has 0 aliphatic carbocycles. The van der Waals surface area contributed by atoms with Gasteiger partial charge >= 0.3 is 0 Å². The molecule has 0 saturated carbocycles. The monoisotopic (exact) mass is 348 g/mol. The van der Waals surface area contributed by atoms with E-state index in [9.17, 15) is 4.79 Å². The summed E-state index contributed by atoms with van der Waals surface area (Å²) in [6.45, 7) is 0.806. The summed E-state index contributed by atoms with van der Waals surface area (Å²) in [7, 11) is 0. The van der Waals surface area contributed by atoms with E-state index in [2.05, 4.69) is 20.6 Å². The third kappa shape index (κ3) is 4.64. The summed E-state index contributed by atoms with van der Waals surface area (Å²) in [6, 6.07) is 13.2. The SMILES string of the molecule is O=C(NCCO)c1cccc(-c2cncc(NCc3cccnc3)c2)c1. The molecule has 6 heteroatoms. The van der Waals surface area contributed by atoms with Crippen molar-refractivity contribution in [3.8, 4) is 11.1 Å². The van der Waals surface area contributed by atoms with Crippen molar-refractivity contribution in [2.45, 2.75) is 6.54 Å². The number of benzene rings is 1. The van der Waals surface area contributed by atoms with Crippen LogP contribution >= 0.6 is 0 Å². The Morgan fingerprint density at radius 2 is 1.92 bits per heavy atom. The number of carbonyl (C=O) groups excluding carboxylic acids is 1. The van der Waals surface area contributed by atoms with E-state index in [4.69, 9.17) is 5.11 Å². The van der Waals surface area contributed by atoms with Gasteiger partial charge in [-0.25, -0.2) is 0 Å². The number of amides is 1. The fourth-order valence-corrected chi connectivity index (χ4v) is 2.51. The van der Waals surface area contributed by atoms with Gasteiger partial charge in [0.2, 0.25) is 0 Å². The minimum atomic E-state index is -0.209. The molecule has 0 unspecified atom stereocenters. The van der Waals surface area contributed by atoms with Crippen molar-refractivity contribution < 1.29 is 9.90 Å². The minimum absolute atomic E-state index is 0.0833. The van der Waals surface area contributed by atoms with E-state index >= 15 is 0 Å². The normalized spacial score (nSPS) is 10.3. The Morgan fingerprint density at radius 1 is 1.00 bits per heavy atom. The lowest BCUT2D eigenvalue weighted by Crippen LogP contribution is -2.26. The average molecular weight is 348 g/mol. The molecule has 3 rings (SSSR count). The Hall–Kier alpha value is -3.25. The maximum Gasteiger partial charge on any atom is 0.251 e. The van der Waals surface area contributed by atoms with Gasteiger partial charge in [0.25, 0.3) is 5.91 Å². The molecule has 3 aromatic rings. The lowest BCUT2D eigenvalue weighted by atomic mass is 10.0. The van der Waals surface area contributed by atoms with Gasteiger partial charge < -0.3 is 15.7 Å². The standard InChI is InChI=1S/C20H20N4O2/c25-8-7-23-20(26)17-5-1-4-16(9-17)18-10-19(14-22-13-18)24-12-15-3-2-6-21-11-15/h1-6,9-11,13-14,24-25H,7-8,12H2,(H,23,26). The zero-order chi connectivity index (χ0) is 18.2. The van der Waals surface area contributed by atoms with Gasteiger partial charge in [-0.15, -0.1) is 0 Å². The second-order valence-corrected chi connectivity index (χ2v) is 5.74. The number of aromatic nitrogens is 2. The van der Waals surface area contributed by atoms with Gasteiger partial charge in [-0.1, -0.05) is 18.2 Å². The highest BCUT2D eigenvalue weighted by Crippen LogP contribution is 2.22. The number of aliphatic hydroxyl groups excluding tert-OH is 1. The van der Waals surface area contributed by atoms with E-state index in [-0.39, 0.29) is 19.1 Å². The summed E-state index contributed by atoms with van der Waals surface area (Å²) in [6.07, 6.45) is 7.09. The lowest BCUT2D eigenvalue weighted by Gasteiger charge is -2.09. The molecule has 2 heterocycles. The molecule has 6 nitrogen and oxygen atoms in total. The van der Waals surface area contributed by atoms with E-state index in [1.165, 1.54) is 0 Å². The van der Waals surface area contributed by atoms with Crippen LogP contribution in [0.3, 0.4) is 0 Å². The zero-order valence-corrected chi connectivity index (χ0v) is 14.2. The number of nitrogens with zero attached hydrogens (tertiary/aromatic N) is 2. The molecule has 3 N–H and O–H groups in total. The molecule has 0 saturated heterocycles. The minimum Gasteiger partial charge on any atom is -0.395 e. The predicted octanol–water partition coefficient (Wildman–Crippen LogP) is 2.48. The highest BCUT2D eigenvalue weighted by Gasteiger charge is 2.07. The number of pyridine rings is 2. The van der Waals surface area contributed by atoms with Gasteiger partial charge in [0, 0.05) is 49.0 Å². The average Bonchev–Trinajstić information content (AvgIpc) is 2.71. The molecule has 0 radical (unpaired) electrons. The number of hydrogen-bond acceptors (Lipinski definition) is 5. The van der Waals surface area contributed by atoms with Crippen molar-refractivity contribution in [2.75, 3.05) is 18.5 Å². The van der Waals surface area contributed by atoms with Gasteiger partial charge in [0.1, 0.15) is 0 Å². The summed E-state index contributed by atoms with van der Waals surface area (Å²) >= 11 is 0. The van der Waals surface area contributed by atoms with Crippen LogP contribution in [0, 0.1) is 0 Å². The molecule has 0 atom stereocenters. The molecule has 132 valence electrons. The van der Waals surface area contributed by atoms with Gasteiger partial charge in [0.15, 0.2) is 0 Å². The number of rotatable bonds is 7. The van der Waals surface area contributed by atoms with Crippen LogP contribution in [0.4, 0.5) is 5.69 Å². The third-order valence-electron chi connectivity index (χ3n) is 3.81. The van der Waals surface area contributed by atoms with E-state index in [1.54, 1.807) is 24.7 Å². The largest absolute Gasteiger partial charge is 0.395 e. The Kier molecular flexibility index (Phi) is 5.90. The molecular weight excluding hydrogens is 328 g/mol. The summed E-state index contributed by atoms with van der Waals surface area (Å²) in [5, 5.41) is 14.8. The lowest BCUT2D eigenvalue weighted by molar-refractivity contribution is 0.0945. The zero-order valence-electron chi connectivity index (χ0n) is 14.2. The Bertz CT molecular complexity index is 868. The van der Waals surface area contributed by atoms with Crippen LogP contribution in [0.2, 0.25) is 0 Å². The predicted molar refractivity (Wildman–Crippen MR) is 101 cm³/mol. The molecule has 2 aromatic heterocycles. The number of aliphatic hydroxyl groups is 1. The highest BCUT2D eigenvalue weighted by atomic mass is 16.3.